The second kappa shape index (κ2) is 4.49. The Balaban J connectivity index is 2.37. The van der Waals surface area contributed by atoms with Gasteiger partial charge in [-0.3, -0.25) is 10.2 Å². The summed E-state index contributed by atoms with van der Waals surface area (Å²) >= 11 is 0. The summed E-state index contributed by atoms with van der Waals surface area (Å²) in [6.07, 6.45) is 4.13. The third kappa shape index (κ3) is 2.77. The van der Waals surface area contributed by atoms with E-state index in [1.54, 1.807) is 6.20 Å². The summed E-state index contributed by atoms with van der Waals surface area (Å²) in [7, 11) is 0. The van der Waals surface area contributed by atoms with Gasteiger partial charge in [-0.2, -0.15) is 0 Å². The number of nitrogens with one attached hydrogen (secondary N) is 3. The highest BCUT2D eigenvalue weighted by atomic mass is 16.1. The minimum Gasteiger partial charge on any atom is -0.386 e. The topological polar surface area (TPSA) is 91.0 Å². The van der Waals surface area contributed by atoms with Crippen LogP contribution in [0.4, 0.5) is 0 Å². The SMILES string of the molecule is N=C(N)C1=CNC(CNC=O)CC1. The smallest absolute Gasteiger partial charge is 0.207 e. The summed E-state index contributed by atoms with van der Waals surface area (Å²) in [5.41, 5.74) is 6.15. The largest absolute Gasteiger partial charge is 0.386 e. The van der Waals surface area contributed by atoms with Crippen molar-refractivity contribution in [1.29, 1.82) is 5.41 Å². The quantitative estimate of drug-likeness (QED) is 0.263. The summed E-state index contributed by atoms with van der Waals surface area (Å²) in [6.45, 7) is 0.616. The lowest BCUT2D eigenvalue weighted by Crippen LogP contribution is -2.38. The highest BCUT2D eigenvalue weighted by Gasteiger charge is 2.14. The molecule has 0 fully saturated rings. The standard InChI is InChI=1S/C8H14N4O/c9-8(10)6-1-2-7(12-3-6)4-11-5-13/h3,5,7,12H,1-2,4H2,(H3,9,10)(H,11,13). The highest BCUT2D eigenvalue weighted by molar-refractivity contribution is 5.94. The molecule has 5 N–H and O–H groups in total. The maximum Gasteiger partial charge on any atom is 0.207 e. The van der Waals surface area contributed by atoms with Gasteiger partial charge >= 0.3 is 0 Å². The maximum atomic E-state index is 10.0. The van der Waals surface area contributed by atoms with Gasteiger partial charge in [0, 0.05) is 24.4 Å². The molecule has 0 radical (unpaired) electrons. The first-order valence-corrected chi connectivity index (χ1v) is 4.20. The zero-order valence-corrected chi connectivity index (χ0v) is 7.34. The van der Waals surface area contributed by atoms with Gasteiger partial charge in [-0.1, -0.05) is 0 Å². The predicted octanol–water partition coefficient (Wildman–Crippen LogP) is -0.696. The van der Waals surface area contributed by atoms with Gasteiger partial charge in [0.2, 0.25) is 6.41 Å². The first kappa shape index (κ1) is 9.57. The minimum absolute atomic E-state index is 0.120. The zero-order valence-electron chi connectivity index (χ0n) is 7.34. The molecule has 0 aromatic carbocycles. The van der Waals surface area contributed by atoms with Gasteiger partial charge in [-0.15, -0.1) is 0 Å². The number of carbonyl (C=O) groups is 1. The molecule has 1 atom stereocenters. The van der Waals surface area contributed by atoms with E-state index >= 15 is 0 Å². The van der Waals surface area contributed by atoms with Gasteiger partial charge in [0.1, 0.15) is 5.84 Å². The first-order chi connectivity index (χ1) is 6.24. The molecule has 13 heavy (non-hydrogen) atoms. The van der Waals surface area contributed by atoms with Crippen LogP contribution in [0.15, 0.2) is 11.8 Å². The van der Waals surface area contributed by atoms with Crippen LogP contribution < -0.4 is 16.4 Å². The average molecular weight is 182 g/mol. The van der Waals surface area contributed by atoms with E-state index in [0.29, 0.717) is 13.0 Å². The molecule has 5 heteroatoms. The molecule has 0 spiro atoms. The molecule has 0 saturated carbocycles. The molecule has 1 rings (SSSR count). The summed E-state index contributed by atoms with van der Waals surface area (Å²) in [5, 5.41) is 12.9. The van der Waals surface area contributed by atoms with E-state index in [9.17, 15) is 4.79 Å². The summed E-state index contributed by atoms with van der Waals surface area (Å²) in [5.74, 6) is 0.120. The van der Waals surface area contributed by atoms with Crippen LogP contribution in [0.25, 0.3) is 0 Å². The van der Waals surface area contributed by atoms with E-state index in [1.165, 1.54) is 0 Å². The number of hydrogen-bond acceptors (Lipinski definition) is 3. The lowest BCUT2D eigenvalue weighted by Gasteiger charge is -2.22. The number of amides is 1. The Labute approximate surface area is 76.9 Å². The Morgan fingerprint density at radius 3 is 3.15 bits per heavy atom. The van der Waals surface area contributed by atoms with Crippen LogP contribution in [-0.2, 0) is 4.79 Å². The van der Waals surface area contributed by atoms with Crippen LogP contribution in [0.5, 0.6) is 0 Å². The average Bonchev–Trinajstić information content (AvgIpc) is 2.15. The zero-order chi connectivity index (χ0) is 9.68. The molecule has 5 nitrogen and oxygen atoms in total. The van der Waals surface area contributed by atoms with Crippen LogP contribution in [0, 0.1) is 5.41 Å². The summed E-state index contributed by atoms with van der Waals surface area (Å²) in [6, 6.07) is 0.258. The number of nitrogens with two attached hydrogens (primary N) is 1. The Hall–Kier alpha value is -1.52. The van der Waals surface area contributed by atoms with Gasteiger partial charge in [-0.05, 0) is 12.8 Å². The molecule has 1 heterocycles. The molecule has 1 aliphatic rings. The molecular weight excluding hydrogens is 168 g/mol. The van der Waals surface area contributed by atoms with Crippen molar-refractivity contribution in [2.75, 3.05) is 6.54 Å². The molecule has 1 unspecified atom stereocenters. The molecule has 0 bridgehead atoms. The lowest BCUT2D eigenvalue weighted by molar-refractivity contribution is -0.109. The van der Waals surface area contributed by atoms with Crippen LogP contribution in [-0.4, -0.2) is 24.8 Å². The lowest BCUT2D eigenvalue weighted by atomic mass is 10.0. The number of carbonyl (C=O) groups excluding carboxylic acids is 1. The van der Waals surface area contributed by atoms with E-state index in [0.717, 1.165) is 18.4 Å². The van der Waals surface area contributed by atoms with Crippen molar-refractivity contribution in [1.82, 2.24) is 10.6 Å². The van der Waals surface area contributed by atoms with E-state index in [-0.39, 0.29) is 11.9 Å². The van der Waals surface area contributed by atoms with E-state index in [1.807, 2.05) is 0 Å². The van der Waals surface area contributed by atoms with Gasteiger partial charge in [0.15, 0.2) is 0 Å². The number of rotatable bonds is 4. The molecule has 0 aromatic rings. The Morgan fingerprint density at radius 2 is 2.69 bits per heavy atom. The van der Waals surface area contributed by atoms with Crippen molar-refractivity contribution in [3.63, 3.8) is 0 Å². The van der Waals surface area contributed by atoms with E-state index in [2.05, 4.69) is 10.6 Å². The van der Waals surface area contributed by atoms with Gasteiger partial charge < -0.3 is 16.4 Å². The van der Waals surface area contributed by atoms with E-state index in [4.69, 9.17) is 11.1 Å². The Kier molecular flexibility index (Phi) is 3.31. The van der Waals surface area contributed by atoms with E-state index < -0.39 is 0 Å². The van der Waals surface area contributed by atoms with Crippen molar-refractivity contribution in [2.24, 2.45) is 5.73 Å². The second-order valence-corrected chi connectivity index (χ2v) is 3.01. The van der Waals surface area contributed by atoms with Gasteiger partial charge in [0.05, 0.1) is 0 Å². The molecular formula is C8H14N4O. The van der Waals surface area contributed by atoms with Crippen LogP contribution in [0.3, 0.4) is 0 Å². The maximum absolute atomic E-state index is 10.0. The highest BCUT2D eigenvalue weighted by Crippen LogP contribution is 2.11. The van der Waals surface area contributed by atoms with Crippen molar-refractivity contribution >= 4 is 12.2 Å². The first-order valence-electron chi connectivity index (χ1n) is 4.20. The summed E-state index contributed by atoms with van der Waals surface area (Å²) in [4.78, 5) is 10.0. The molecule has 0 aliphatic carbocycles. The molecule has 1 aliphatic heterocycles. The van der Waals surface area contributed by atoms with Crippen LogP contribution in [0.1, 0.15) is 12.8 Å². The number of hydrogen-bond donors (Lipinski definition) is 4. The fourth-order valence-corrected chi connectivity index (χ4v) is 1.27. The predicted molar refractivity (Wildman–Crippen MR) is 50.2 cm³/mol. The van der Waals surface area contributed by atoms with Crippen molar-refractivity contribution < 1.29 is 4.79 Å². The fourth-order valence-electron chi connectivity index (χ4n) is 1.27. The van der Waals surface area contributed by atoms with Gasteiger partial charge in [-0.25, -0.2) is 0 Å². The molecule has 0 aromatic heterocycles. The fraction of sp³-hybridized carbons (Fsp3) is 0.500. The number of amidine groups is 1. The molecule has 72 valence electrons. The third-order valence-corrected chi connectivity index (χ3v) is 2.05. The third-order valence-electron chi connectivity index (χ3n) is 2.05. The summed E-state index contributed by atoms with van der Waals surface area (Å²) < 4.78 is 0. The van der Waals surface area contributed by atoms with Crippen molar-refractivity contribution in [3.8, 4) is 0 Å². The molecule has 1 amide bonds. The Bertz CT molecular complexity index is 236. The minimum atomic E-state index is 0.120. The molecule has 0 saturated heterocycles. The second-order valence-electron chi connectivity index (χ2n) is 3.01. The Morgan fingerprint density at radius 1 is 1.92 bits per heavy atom. The monoisotopic (exact) mass is 182 g/mol. The normalized spacial score (nSPS) is 21.2. The van der Waals surface area contributed by atoms with Crippen LogP contribution in [0.2, 0.25) is 0 Å². The van der Waals surface area contributed by atoms with Gasteiger partial charge in [0.25, 0.3) is 0 Å². The van der Waals surface area contributed by atoms with Crippen LogP contribution >= 0.6 is 0 Å². The van der Waals surface area contributed by atoms with Crippen molar-refractivity contribution in [3.05, 3.63) is 11.8 Å². The van der Waals surface area contributed by atoms with Crippen molar-refractivity contribution in [2.45, 2.75) is 18.9 Å².